The van der Waals surface area contributed by atoms with Crippen molar-refractivity contribution in [2.45, 2.75) is 44.1 Å². The lowest BCUT2D eigenvalue weighted by atomic mass is 9.86. The van der Waals surface area contributed by atoms with Crippen LogP contribution in [0.1, 0.15) is 49.7 Å². The number of hydrogen-bond acceptors (Lipinski definition) is 4. The van der Waals surface area contributed by atoms with E-state index >= 15 is 0 Å². The fourth-order valence-corrected chi connectivity index (χ4v) is 3.72. The zero-order valence-corrected chi connectivity index (χ0v) is 15.8. The minimum atomic E-state index is -2.71. The van der Waals surface area contributed by atoms with Gasteiger partial charge < -0.3 is 4.74 Å². The van der Waals surface area contributed by atoms with Crippen LogP contribution < -0.4 is 4.74 Å². The smallest absolute Gasteiger partial charge is 0.297 e. The highest BCUT2D eigenvalue weighted by atomic mass is 35.5. The van der Waals surface area contributed by atoms with Crippen LogP contribution in [0.15, 0.2) is 48.7 Å². The average Bonchev–Trinajstić information content (AvgIpc) is 3.15. The molecule has 0 unspecified atom stereocenters. The van der Waals surface area contributed by atoms with Gasteiger partial charge in [0.2, 0.25) is 11.7 Å². The van der Waals surface area contributed by atoms with Crippen molar-refractivity contribution < 1.29 is 13.5 Å². The van der Waals surface area contributed by atoms with Crippen LogP contribution in [-0.4, -0.2) is 25.9 Å². The number of rotatable bonds is 5. The molecule has 4 rings (SSSR count). The Bertz CT molecular complexity index is 910. The lowest BCUT2D eigenvalue weighted by Gasteiger charge is -2.28. The van der Waals surface area contributed by atoms with Crippen molar-refractivity contribution in [3.8, 4) is 11.6 Å². The van der Waals surface area contributed by atoms with Crippen LogP contribution in [0.5, 0.6) is 5.88 Å². The topological polar surface area (TPSA) is 52.8 Å². The van der Waals surface area contributed by atoms with E-state index in [1.807, 2.05) is 18.2 Å². The molecule has 1 aliphatic rings. The normalized spacial score (nSPS) is 19.7. The molecule has 0 radical (unpaired) electrons. The second-order valence-electron chi connectivity index (χ2n) is 6.79. The van der Waals surface area contributed by atoms with Gasteiger partial charge in [0.1, 0.15) is 11.9 Å². The van der Waals surface area contributed by atoms with Crippen molar-refractivity contribution in [3.05, 3.63) is 65.3 Å². The quantitative estimate of drug-likeness (QED) is 0.574. The SMILES string of the molecule is FC(F)c1nnc([C@H]2CC[C@H](Oc3ccccn3)CC2)n1-c1ccc(Cl)cc1. The standard InChI is InChI=1S/C20H19ClF2N4O/c21-14-6-8-15(9-7-14)27-19(25-26-20(27)18(22)23)13-4-10-16(11-5-13)28-17-3-1-2-12-24-17/h1-3,6-9,12-13,16,18H,4-5,10-11H2/t13-,16-. The van der Waals surface area contributed by atoms with Gasteiger partial charge in [-0.15, -0.1) is 10.2 Å². The first kappa shape index (κ1) is 18.8. The minimum Gasteiger partial charge on any atom is -0.474 e. The van der Waals surface area contributed by atoms with E-state index in [0.29, 0.717) is 22.4 Å². The van der Waals surface area contributed by atoms with E-state index in [2.05, 4.69) is 15.2 Å². The molecule has 0 N–H and O–H groups in total. The monoisotopic (exact) mass is 404 g/mol. The summed E-state index contributed by atoms with van der Waals surface area (Å²) in [6, 6.07) is 12.3. The molecule has 2 aromatic heterocycles. The number of aromatic nitrogens is 4. The fourth-order valence-electron chi connectivity index (χ4n) is 3.60. The zero-order chi connectivity index (χ0) is 19.5. The zero-order valence-electron chi connectivity index (χ0n) is 15.0. The highest BCUT2D eigenvalue weighted by Crippen LogP contribution is 2.36. The molecule has 0 bridgehead atoms. The third-order valence-corrected chi connectivity index (χ3v) is 5.21. The van der Waals surface area contributed by atoms with Crippen molar-refractivity contribution in [2.24, 2.45) is 0 Å². The molecule has 8 heteroatoms. The van der Waals surface area contributed by atoms with Crippen LogP contribution in [0.25, 0.3) is 5.69 Å². The molecule has 3 aromatic rings. The maximum absolute atomic E-state index is 13.5. The summed E-state index contributed by atoms with van der Waals surface area (Å²) >= 11 is 5.94. The van der Waals surface area contributed by atoms with Crippen molar-refractivity contribution in [1.82, 2.24) is 19.7 Å². The Morgan fingerprint density at radius 1 is 1.00 bits per heavy atom. The number of halogens is 3. The maximum Gasteiger partial charge on any atom is 0.297 e. The molecule has 2 heterocycles. The minimum absolute atomic E-state index is 0.0410. The van der Waals surface area contributed by atoms with E-state index in [4.69, 9.17) is 16.3 Å². The summed E-state index contributed by atoms with van der Waals surface area (Å²) < 4.78 is 34.4. The van der Waals surface area contributed by atoms with Crippen molar-refractivity contribution in [1.29, 1.82) is 0 Å². The number of pyridine rings is 1. The van der Waals surface area contributed by atoms with Gasteiger partial charge in [-0.25, -0.2) is 13.8 Å². The van der Waals surface area contributed by atoms with Gasteiger partial charge >= 0.3 is 0 Å². The molecule has 0 saturated heterocycles. The Labute approximate surface area is 166 Å². The summed E-state index contributed by atoms with van der Waals surface area (Å²) in [4.78, 5) is 4.19. The third kappa shape index (κ3) is 3.99. The van der Waals surface area contributed by atoms with E-state index in [1.54, 1.807) is 30.5 Å². The molecule has 1 fully saturated rings. The molecule has 0 spiro atoms. The second kappa shape index (κ2) is 8.22. The Hall–Kier alpha value is -2.54. The molecule has 28 heavy (non-hydrogen) atoms. The van der Waals surface area contributed by atoms with Gasteiger partial charge in [-0.1, -0.05) is 17.7 Å². The van der Waals surface area contributed by atoms with Crippen LogP contribution >= 0.6 is 11.6 Å². The molecule has 146 valence electrons. The van der Waals surface area contributed by atoms with Gasteiger partial charge in [-0.3, -0.25) is 4.57 Å². The van der Waals surface area contributed by atoms with E-state index < -0.39 is 6.43 Å². The summed E-state index contributed by atoms with van der Waals surface area (Å²) in [5.41, 5.74) is 0.589. The lowest BCUT2D eigenvalue weighted by molar-refractivity contribution is 0.134. The molecule has 1 aromatic carbocycles. The summed E-state index contributed by atoms with van der Waals surface area (Å²) in [5.74, 6) is 0.868. The average molecular weight is 405 g/mol. The van der Waals surface area contributed by atoms with E-state index in [9.17, 15) is 8.78 Å². The van der Waals surface area contributed by atoms with E-state index in [0.717, 1.165) is 25.7 Å². The van der Waals surface area contributed by atoms with E-state index in [1.165, 1.54) is 4.57 Å². The Morgan fingerprint density at radius 2 is 1.75 bits per heavy atom. The fraction of sp³-hybridized carbons (Fsp3) is 0.350. The van der Waals surface area contributed by atoms with Crippen molar-refractivity contribution in [2.75, 3.05) is 0 Å². The predicted octanol–water partition coefficient (Wildman–Crippen LogP) is 5.36. The molecule has 5 nitrogen and oxygen atoms in total. The first-order chi connectivity index (χ1) is 13.6. The van der Waals surface area contributed by atoms with Crippen LogP contribution in [0.4, 0.5) is 8.78 Å². The van der Waals surface area contributed by atoms with Crippen LogP contribution in [0, 0.1) is 0 Å². The van der Waals surface area contributed by atoms with Gasteiger partial charge in [-0.2, -0.15) is 0 Å². The number of nitrogens with zero attached hydrogens (tertiary/aromatic N) is 4. The van der Waals surface area contributed by atoms with Crippen LogP contribution in [-0.2, 0) is 0 Å². The Balaban J connectivity index is 1.53. The maximum atomic E-state index is 13.5. The van der Waals surface area contributed by atoms with Gasteiger partial charge in [-0.05, 0) is 56.0 Å². The first-order valence-corrected chi connectivity index (χ1v) is 9.56. The highest BCUT2D eigenvalue weighted by Gasteiger charge is 2.30. The predicted molar refractivity (Wildman–Crippen MR) is 101 cm³/mol. The molecule has 1 aliphatic carbocycles. The largest absolute Gasteiger partial charge is 0.474 e. The Kier molecular flexibility index (Phi) is 5.52. The van der Waals surface area contributed by atoms with Crippen molar-refractivity contribution in [3.63, 3.8) is 0 Å². The van der Waals surface area contributed by atoms with Crippen molar-refractivity contribution >= 4 is 11.6 Å². The summed E-state index contributed by atoms with van der Waals surface area (Å²) in [7, 11) is 0. The highest BCUT2D eigenvalue weighted by molar-refractivity contribution is 6.30. The molecular weight excluding hydrogens is 386 g/mol. The first-order valence-electron chi connectivity index (χ1n) is 9.19. The number of ether oxygens (including phenoxy) is 1. The Morgan fingerprint density at radius 3 is 2.39 bits per heavy atom. The molecule has 0 amide bonds. The van der Waals surface area contributed by atoms with Gasteiger partial charge in [0, 0.05) is 28.9 Å². The number of benzene rings is 1. The summed E-state index contributed by atoms with van der Waals surface area (Å²) in [5, 5.41) is 8.43. The second-order valence-corrected chi connectivity index (χ2v) is 7.22. The number of hydrogen-bond donors (Lipinski definition) is 0. The summed E-state index contributed by atoms with van der Waals surface area (Å²) in [6.07, 6.45) is 2.23. The summed E-state index contributed by atoms with van der Waals surface area (Å²) in [6.45, 7) is 0. The number of alkyl halides is 2. The molecule has 1 saturated carbocycles. The van der Waals surface area contributed by atoms with E-state index in [-0.39, 0.29) is 17.8 Å². The van der Waals surface area contributed by atoms with Crippen LogP contribution in [0.3, 0.4) is 0 Å². The third-order valence-electron chi connectivity index (χ3n) is 4.96. The van der Waals surface area contributed by atoms with Gasteiger partial charge in [0.25, 0.3) is 6.43 Å². The van der Waals surface area contributed by atoms with Gasteiger partial charge in [0.15, 0.2) is 0 Å². The lowest BCUT2D eigenvalue weighted by Crippen LogP contribution is -2.25. The molecule has 0 atom stereocenters. The molecular formula is C20H19ClF2N4O. The van der Waals surface area contributed by atoms with Crippen LogP contribution in [0.2, 0.25) is 5.02 Å². The van der Waals surface area contributed by atoms with Gasteiger partial charge in [0.05, 0.1) is 0 Å². The molecule has 0 aliphatic heterocycles.